The molecule has 1 aliphatic carbocycles. The quantitative estimate of drug-likeness (QED) is 0.162. The van der Waals surface area contributed by atoms with Crippen molar-refractivity contribution in [2.24, 2.45) is 0 Å². The van der Waals surface area contributed by atoms with Gasteiger partial charge in [-0.3, -0.25) is 14.6 Å². The van der Waals surface area contributed by atoms with Gasteiger partial charge in [0.1, 0.15) is 0 Å². The van der Waals surface area contributed by atoms with Crippen molar-refractivity contribution >= 4 is 5.65 Å². The molecule has 0 aliphatic heterocycles. The Morgan fingerprint density at radius 2 is 1.37 bits per heavy atom. The fourth-order valence-corrected chi connectivity index (χ4v) is 7.99. The van der Waals surface area contributed by atoms with Crippen LogP contribution in [-0.4, -0.2) is 24.1 Å². The Kier molecular flexibility index (Phi) is 8.38. The van der Waals surface area contributed by atoms with Crippen molar-refractivity contribution in [2.45, 2.75) is 78.6 Å². The molecule has 0 amide bonds. The number of aromatic nitrogens is 5. The number of imidazole rings is 1. The summed E-state index contributed by atoms with van der Waals surface area (Å²) in [5.41, 5.74) is 14.9. The summed E-state index contributed by atoms with van der Waals surface area (Å²) in [6.45, 7) is 19.7. The molecule has 258 valence electrons. The van der Waals surface area contributed by atoms with E-state index in [0.717, 1.165) is 56.6 Å². The standard InChI is InChI=1S/C45H43N5.Pt/c1-28-23-29(2)50(48-28)35-16-14-15-33(24-35)45(38-19-12-10-17-36(38)37-18-11-13-20-39(37)45)34-26-41(49-31(4)30(3)47-42(49)27-34)44(8,9)40-25-32(21-22-46-40)43(5,6)7;/h10-23,25,27H,1-9H3;/q-2;+2. The molecule has 0 atom stereocenters. The topological polar surface area (TPSA) is 48.0 Å². The summed E-state index contributed by atoms with van der Waals surface area (Å²) in [6.07, 6.45) is 1.95. The van der Waals surface area contributed by atoms with E-state index in [1.165, 1.54) is 27.8 Å². The number of hydrogen-bond acceptors (Lipinski definition) is 3. The minimum Gasteiger partial charge on any atom is -0.333 e. The molecule has 0 unspecified atom stereocenters. The molecule has 0 radical (unpaired) electrons. The van der Waals surface area contributed by atoms with Gasteiger partial charge in [-0.25, -0.2) is 6.07 Å². The zero-order valence-electron chi connectivity index (χ0n) is 30.8. The third kappa shape index (κ3) is 5.27. The fraction of sp³-hybridized carbons (Fsp3) is 0.267. The van der Waals surface area contributed by atoms with Gasteiger partial charge in [-0.05, 0) is 84.8 Å². The molecule has 3 aromatic carbocycles. The normalized spacial score (nSPS) is 13.6. The van der Waals surface area contributed by atoms with E-state index >= 15 is 0 Å². The summed E-state index contributed by atoms with van der Waals surface area (Å²) in [7, 11) is 0. The molecular formula is C45H43N5Pt. The summed E-state index contributed by atoms with van der Waals surface area (Å²) in [4.78, 5) is 10.2. The number of nitrogens with zero attached hydrogens (tertiary/aromatic N) is 5. The molecule has 4 aromatic heterocycles. The molecule has 51 heavy (non-hydrogen) atoms. The van der Waals surface area contributed by atoms with E-state index in [1.807, 2.05) is 17.8 Å². The predicted molar refractivity (Wildman–Crippen MR) is 201 cm³/mol. The van der Waals surface area contributed by atoms with Crippen molar-refractivity contribution in [3.05, 3.63) is 171 Å². The Labute approximate surface area is 316 Å². The maximum Gasteiger partial charge on any atom is 2.00 e. The molecule has 6 heteroatoms. The summed E-state index contributed by atoms with van der Waals surface area (Å²) in [5.74, 6) is 0. The Morgan fingerprint density at radius 1 is 0.706 bits per heavy atom. The molecule has 0 saturated heterocycles. The molecular weight excluding hydrogens is 806 g/mol. The first kappa shape index (κ1) is 34.8. The molecule has 0 N–H and O–H groups in total. The van der Waals surface area contributed by atoms with Crippen LogP contribution in [0.25, 0.3) is 22.5 Å². The Balaban J connectivity index is 0.00000406. The molecule has 0 spiro atoms. The Hall–Kier alpha value is -4.60. The van der Waals surface area contributed by atoms with Gasteiger partial charge in [-0.1, -0.05) is 88.8 Å². The minimum absolute atomic E-state index is 0. The first-order valence-electron chi connectivity index (χ1n) is 17.5. The van der Waals surface area contributed by atoms with Crippen molar-refractivity contribution in [1.29, 1.82) is 0 Å². The zero-order valence-corrected chi connectivity index (χ0v) is 33.1. The van der Waals surface area contributed by atoms with E-state index in [-0.39, 0.29) is 26.5 Å². The zero-order chi connectivity index (χ0) is 35.2. The molecule has 5 nitrogen and oxygen atoms in total. The molecule has 0 saturated carbocycles. The van der Waals surface area contributed by atoms with Crippen LogP contribution >= 0.6 is 0 Å². The van der Waals surface area contributed by atoms with E-state index in [1.54, 1.807) is 0 Å². The average Bonchev–Trinajstić information content (AvgIpc) is 3.71. The summed E-state index contributed by atoms with van der Waals surface area (Å²) in [6, 6.07) is 40.9. The van der Waals surface area contributed by atoms with Crippen LogP contribution in [0.3, 0.4) is 0 Å². The van der Waals surface area contributed by atoms with Crippen LogP contribution in [0.4, 0.5) is 0 Å². The van der Waals surface area contributed by atoms with Crippen LogP contribution in [0.5, 0.6) is 0 Å². The maximum atomic E-state index is 5.18. The van der Waals surface area contributed by atoms with E-state index in [4.69, 9.17) is 15.1 Å². The van der Waals surface area contributed by atoms with Crippen LogP contribution < -0.4 is 0 Å². The van der Waals surface area contributed by atoms with Crippen LogP contribution in [0.1, 0.15) is 96.6 Å². The smallest absolute Gasteiger partial charge is 0.333 e. The number of rotatable bonds is 5. The number of fused-ring (bicyclic) bond motifs is 4. The van der Waals surface area contributed by atoms with Gasteiger partial charge in [-0.2, -0.15) is 34.9 Å². The van der Waals surface area contributed by atoms with Crippen molar-refractivity contribution in [3.63, 3.8) is 0 Å². The molecule has 7 aromatic rings. The van der Waals surface area contributed by atoms with E-state index in [0.29, 0.717) is 0 Å². The van der Waals surface area contributed by atoms with Crippen LogP contribution in [-0.2, 0) is 37.3 Å². The van der Waals surface area contributed by atoms with Gasteiger partial charge in [0.15, 0.2) is 0 Å². The predicted octanol–water partition coefficient (Wildman–Crippen LogP) is 9.73. The largest absolute Gasteiger partial charge is 2.00 e. The first-order valence-corrected chi connectivity index (χ1v) is 17.5. The second-order valence-corrected chi connectivity index (χ2v) is 15.4. The van der Waals surface area contributed by atoms with Gasteiger partial charge >= 0.3 is 21.1 Å². The number of pyridine rings is 2. The van der Waals surface area contributed by atoms with Crippen LogP contribution in [0, 0.1) is 39.8 Å². The van der Waals surface area contributed by atoms with Crippen molar-refractivity contribution in [2.75, 3.05) is 0 Å². The fourth-order valence-electron chi connectivity index (χ4n) is 7.99. The molecule has 1 aliphatic rings. The van der Waals surface area contributed by atoms with Gasteiger partial charge in [0.25, 0.3) is 0 Å². The SMILES string of the molecule is Cc1cc(C)n(-c2[c-]c(C3(c4[c-]c(C(C)(C)c5cc(C(C)(C)C)ccn5)n5c(C)c(C)nc5c4)c4ccccc4-c4ccccc43)ccc2)n1.[Pt+2]. The second kappa shape index (κ2) is 12.3. The average molecular weight is 849 g/mol. The Bertz CT molecular complexity index is 2410. The first-order chi connectivity index (χ1) is 23.8. The van der Waals surface area contributed by atoms with E-state index in [2.05, 4.69) is 163 Å². The van der Waals surface area contributed by atoms with Gasteiger partial charge < -0.3 is 4.40 Å². The molecule has 0 fully saturated rings. The Morgan fingerprint density at radius 3 is 2.00 bits per heavy atom. The molecule has 4 heterocycles. The van der Waals surface area contributed by atoms with Gasteiger partial charge in [0.2, 0.25) is 0 Å². The third-order valence-corrected chi connectivity index (χ3v) is 10.8. The van der Waals surface area contributed by atoms with Crippen molar-refractivity contribution in [1.82, 2.24) is 24.1 Å². The van der Waals surface area contributed by atoms with E-state index < -0.39 is 10.8 Å². The van der Waals surface area contributed by atoms with Crippen molar-refractivity contribution in [3.8, 4) is 16.8 Å². The molecule has 8 rings (SSSR count). The number of hydrogen-bond donors (Lipinski definition) is 0. The second-order valence-electron chi connectivity index (χ2n) is 15.4. The monoisotopic (exact) mass is 848 g/mol. The number of aryl methyl sites for hydroxylation is 4. The minimum atomic E-state index is -0.722. The van der Waals surface area contributed by atoms with Crippen molar-refractivity contribution < 1.29 is 21.1 Å². The van der Waals surface area contributed by atoms with Crippen LogP contribution in [0.2, 0.25) is 0 Å². The molecule has 0 bridgehead atoms. The van der Waals surface area contributed by atoms with Gasteiger partial charge in [-0.15, -0.1) is 11.6 Å². The summed E-state index contributed by atoms with van der Waals surface area (Å²) in [5, 5.41) is 4.85. The number of benzene rings is 3. The van der Waals surface area contributed by atoms with Gasteiger partial charge in [0, 0.05) is 28.4 Å². The summed E-state index contributed by atoms with van der Waals surface area (Å²) < 4.78 is 4.29. The van der Waals surface area contributed by atoms with Gasteiger partial charge in [0.05, 0.1) is 22.7 Å². The van der Waals surface area contributed by atoms with Crippen LogP contribution in [0.15, 0.2) is 97.2 Å². The third-order valence-electron chi connectivity index (χ3n) is 10.8. The maximum absolute atomic E-state index is 5.18. The summed E-state index contributed by atoms with van der Waals surface area (Å²) >= 11 is 0. The van der Waals surface area contributed by atoms with E-state index in [9.17, 15) is 0 Å².